The summed E-state index contributed by atoms with van der Waals surface area (Å²) in [7, 11) is 1.63. The minimum Gasteiger partial charge on any atom is -0.497 e. The van der Waals surface area contributed by atoms with Crippen LogP contribution in [0.2, 0.25) is 0 Å². The van der Waals surface area contributed by atoms with Crippen molar-refractivity contribution in [3.8, 4) is 17.1 Å². The molecule has 0 spiro atoms. The molecule has 0 fully saturated rings. The Kier molecular flexibility index (Phi) is 4.28. The monoisotopic (exact) mass is 310 g/mol. The highest BCUT2D eigenvalue weighted by atomic mass is 16.5. The molecule has 5 nitrogen and oxygen atoms in total. The highest BCUT2D eigenvalue weighted by Crippen LogP contribution is 2.27. The molecule has 1 N–H and O–H groups in total. The smallest absolute Gasteiger partial charge is 0.303 e. The molecule has 1 heterocycles. The normalized spacial score (nSPS) is 10.8. The Balaban J connectivity index is 2.05. The fourth-order valence-electron chi connectivity index (χ4n) is 2.67. The number of rotatable bonds is 6. The number of aromatic nitrogens is 2. The number of carboxylic acids is 1. The third kappa shape index (κ3) is 3.18. The zero-order valence-corrected chi connectivity index (χ0v) is 12.9. The van der Waals surface area contributed by atoms with E-state index in [0.717, 1.165) is 28.2 Å². The van der Waals surface area contributed by atoms with Gasteiger partial charge in [-0.15, -0.1) is 0 Å². The highest BCUT2D eigenvalue weighted by Gasteiger charge is 2.13. The zero-order chi connectivity index (χ0) is 16.2. The van der Waals surface area contributed by atoms with E-state index in [4.69, 9.17) is 14.8 Å². The minimum absolute atomic E-state index is 0.143. The molecule has 0 aliphatic carbocycles. The van der Waals surface area contributed by atoms with Crippen molar-refractivity contribution in [1.29, 1.82) is 0 Å². The van der Waals surface area contributed by atoms with E-state index in [-0.39, 0.29) is 6.42 Å². The van der Waals surface area contributed by atoms with Crippen molar-refractivity contribution in [2.75, 3.05) is 7.11 Å². The molecule has 23 heavy (non-hydrogen) atoms. The topological polar surface area (TPSA) is 64.4 Å². The first-order valence-corrected chi connectivity index (χ1v) is 7.50. The number of aliphatic carboxylic acids is 1. The maximum absolute atomic E-state index is 10.8. The molecule has 3 rings (SSSR count). The summed E-state index contributed by atoms with van der Waals surface area (Å²) >= 11 is 0. The van der Waals surface area contributed by atoms with Crippen LogP contribution in [-0.2, 0) is 11.3 Å². The lowest BCUT2D eigenvalue weighted by atomic mass is 10.2. The van der Waals surface area contributed by atoms with Gasteiger partial charge in [0, 0.05) is 18.5 Å². The van der Waals surface area contributed by atoms with Gasteiger partial charge in [0.15, 0.2) is 0 Å². The van der Waals surface area contributed by atoms with Crippen molar-refractivity contribution < 1.29 is 14.6 Å². The summed E-state index contributed by atoms with van der Waals surface area (Å²) in [6.07, 6.45) is 0.705. The summed E-state index contributed by atoms with van der Waals surface area (Å²) in [5.41, 5.74) is 2.87. The van der Waals surface area contributed by atoms with Crippen LogP contribution in [-0.4, -0.2) is 27.7 Å². The van der Waals surface area contributed by atoms with Crippen molar-refractivity contribution in [2.24, 2.45) is 0 Å². The van der Waals surface area contributed by atoms with Crippen molar-refractivity contribution in [3.05, 3.63) is 48.5 Å². The maximum atomic E-state index is 10.8. The van der Waals surface area contributed by atoms with Crippen molar-refractivity contribution in [3.63, 3.8) is 0 Å². The number of fused-ring (bicyclic) bond motifs is 1. The molecule has 118 valence electrons. The lowest BCUT2D eigenvalue weighted by molar-refractivity contribution is -0.137. The highest BCUT2D eigenvalue weighted by molar-refractivity contribution is 5.80. The Labute approximate surface area is 134 Å². The number of hydrogen-bond donors (Lipinski definition) is 1. The Morgan fingerprint density at radius 3 is 2.83 bits per heavy atom. The molecule has 0 saturated heterocycles. The van der Waals surface area contributed by atoms with E-state index < -0.39 is 5.97 Å². The lowest BCUT2D eigenvalue weighted by Crippen LogP contribution is -2.04. The molecule has 0 saturated carbocycles. The van der Waals surface area contributed by atoms with E-state index >= 15 is 0 Å². The van der Waals surface area contributed by atoms with Gasteiger partial charge >= 0.3 is 5.97 Å². The van der Waals surface area contributed by atoms with Crippen LogP contribution >= 0.6 is 0 Å². The van der Waals surface area contributed by atoms with Crippen LogP contribution in [0.25, 0.3) is 22.4 Å². The number of carbonyl (C=O) groups is 1. The van der Waals surface area contributed by atoms with Gasteiger partial charge in [-0.1, -0.05) is 24.3 Å². The molecule has 0 atom stereocenters. The summed E-state index contributed by atoms with van der Waals surface area (Å²) in [6.45, 7) is 0.610. The second kappa shape index (κ2) is 6.52. The van der Waals surface area contributed by atoms with E-state index in [1.54, 1.807) is 7.11 Å². The van der Waals surface area contributed by atoms with Crippen LogP contribution in [0.5, 0.6) is 5.75 Å². The van der Waals surface area contributed by atoms with Crippen LogP contribution < -0.4 is 4.74 Å². The lowest BCUT2D eigenvalue weighted by Gasteiger charge is -2.09. The van der Waals surface area contributed by atoms with Gasteiger partial charge in [-0.3, -0.25) is 4.79 Å². The molecular weight excluding hydrogens is 292 g/mol. The number of benzene rings is 2. The van der Waals surface area contributed by atoms with Crippen molar-refractivity contribution in [2.45, 2.75) is 19.4 Å². The van der Waals surface area contributed by atoms with Crippen molar-refractivity contribution in [1.82, 2.24) is 9.55 Å². The molecule has 2 aromatic carbocycles. The van der Waals surface area contributed by atoms with Crippen LogP contribution in [0, 0.1) is 0 Å². The maximum Gasteiger partial charge on any atom is 0.303 e. The third-order valence-corrected chi connectivity index (χ3v) is 3.75. The molecule has 0 unspecified atom stereocenters. The number of para-hydroxylation sites is 2. The number of aryl methyl sites for hydroxylation is 1. The summed E-state index contributed by atoms with van der Waals surface area (Å²) in [4.78, 5) is 15.5. The standard InChI is InChI=1S/C18H18N2O3/c1-23-14-7-4-6-13(12-14)18-19-15-8-2-3-9-16(15)20(18)11-5-10-17(21)22/h2-4,6-9,12H,5,10-11H2,1H3,(H,21,22). The Bertz CT molecular complexity index is 839. The number of nitrogens with zero attached hydrogens (tertiary/aromatic N) is 2. The van der Waals surface area contributed by atoms with Gasteiger partial charge in [-0.2, -0.15) is 0 Å². The molecule has 0 amide bonds. The first-order chi connectivity index (χ1) is 11.2. The predicted molar refractivity (Wildman–Crippen MR) is 88.6 cm³/mol. The summed E-state index contributed by atoms with van der Waals surface area (Å²) in [5.74, 6) is 0.819. The van der Waals surface area contributed by atoms with Gasteiger partial charge in [-0.05, 0) is 30.7 Å². The average molecular weight is 310 g/mol. The van der Waals surface area contributed by atoms with Gasteiger partial charge in [0.1, 0.15) is 11.6 Å². The Morgan fingerprint density at radius 2 is 2.04 bits per heavy atom. The molecule has 1 aromatic heterocycles. The minimum atomic E-state index is -0.780. The zero-order valence-electron chi connectivity index (χ0n) is 12.9. The summed E-state index contributed by atoms with van der Waals surface area (Å²) in [6, 6.07) is 15.6. The second-order valence-electron chi connectivity index (χ2n) is 5.31. The number of methoxy groups -OCH3 is 1. The van der Waals surface area contributed by atoms with Crippen LogP contribution in [0.3, 0.4) is 0 Å². The molecule has 5 heteroatoms. The van der Waals surface area contributed by atoms with Gasteiger partial charge in [0.2, 0.25) is 0 Å². The Morgan fingerprint density at radius 1 is 1.22 bits per heavy atom. The molecule has 0 aliphatic rings. The largest absolute Gasteiger partial charge is 0.497 e. The fourth-order valence-corrected chi connectivity index (χ4v) is 2.67. The quantitative estimate of drug-likeness (QED) is 0.756. The molecule has 0 radical (unpaired) electrons. The summed E-state index contributed by atoms with van der Waals surface area (Å²) in [5, 5.41) is 8.87. The van der Waals surface area contributed by atoms with E-state index in [9.17, 15) is 4.79 Å². The van der Waals surface area contributed by atoms with Crippen LogP contribution in [0.1, 0.15) is 12.8 Å². The van der Waals surface area contributed by atoms with Crippen LogP contribution in [0.4, 0.5) is 0 Å². The van der Waals surface area contributed by atoms with Crippen LogP contribution in [0.15, 0.2) is 48.5 Å². The average Bonchev–Trinajstić information content (AvgIpc) is 2.93. The summed E-state index contributed by atoms with van der Waals surface area (Å²) < 4.78 is 7.36. The number of ether oxygens (including phenoxy) is 1. The fraction of sp³-hybridized carbons (Fsp3) is 0.222. The predicted octanol–water partition coefficient (Wildman–Crippen LogP) is 3.58. The Hall–Kier alpha value is -2.82. The first-order valence-electron chi connectivity index (χ1n) is 7.50. The molecule has 3 aromatic rings. The molecule has 0 bridgehead atoms. The van der Waals surface area contributed by atoms with E-state index in [2.05, 4.69) is 4.57 Å². The second-order valence-corrected chi connectivity index (χ2v) is 5.31. The van der Waals surface area contributed by atoms with Crippen molar-refractivity contribution >= 4 is 17.0 Å². The van der Waals surface area contributed by atoms with Gasteiger partial charge in [0.05, 0.1) is 18.1 Å². The number of imidazole rings is 1. The van der Waals surface area contributed by atoms with Gasteiger partial charge in [0.25, 0.3) is 0 Å². The van der Waals surface area contributed by atoms with E-state index in [0.29, 0.717) is 13.0 Å². The SMILES string of the molecule is COc1cccc(-c2nc3ccccc3n2CCCC(=O)O)c1. The van der Waals surface area contributed by atoms with Gasteiger partial charge in [-0.25, -0.2) is 4.98 Å². The number of carboxylic acid groups (broad SMARTS) is 1. The molecule has 0 aliphatic heterocycles. The van der Waals surface area contributed by atoms with E-state index in [1.807, 2.05) is 48.5 Å². The van der Waals surface area contributed by atoms with E-state index in [1.165, 1.54) is 0 Å². The molecular formula is C18H18N2O3. The number of hydrogen-bond acceptors (Lipinski definition) is 3. The third-order valence-electron chi connectivity index (χ3n) is 3.75. The van der Waals surface area contributed by atoms with Gasteiger partial charge < -0.3 is 14.4 Å². The first kappa shape index (κ1) is 15.1.